The Balaban J connectivity index is 0. The molecule has 0 aliphatic rings. The van der Waals surface area contributed by atoms with Gasteiger partial charge in [0.2, 0.25) is 0 Å². The number of thioether (sulfide) groups is 1. The second-order valence-electron chi connectivity index (χ2n) is 9.58. The topological polar surface area (TPSA) is 40.1 Å². The summed E-state index contributed by atoms with van der Waals surface area (Å²) in [5.74, 6) is -125. The number of rotatable bonds is 18. The molecule has 33 heteroatoms. The van der Waals surface area contributed by atoms with Gasteiger partial charge < -0.3 is 9.90 Å². The summed E-state index contributed by atoms with van der Waals surface area (Å²) in [6.07, 6.45) is -12.4. The number of carbonyl (C=O) groups excluding carboxylic acids is 1. The van der Waals surface area contributed by atoms with E-state index in [2.05, 4.69) is 0 Å². The molecule has 0 aromatic rings. The third-order valence-corrected chi connectivity index (χ3v) is 7.15. The van der Waals surface area contributed by atoms with Crippen LogP contribution in [0, 0.1) is 0 Å². The molecule has 0 saturated carbocycles. The fourth-order valence-electron chi connectivity index (χ4n) is 2.99. The smallest absolute Gasteiger partial charge is 0.550 e. The summed E-state index contributed by atoms with van der Waals surface area (Å²) in [5, 5.41) is 10.1. The monoisotopic (exact) mass is 858 g/mol. The molecule has 0 aromatic carbocycles. The van der Waals surface area contributed by atoms with Crippen molar-refractivity contribution in [2.45, 2.75) is 96.0 Å². The van der Waals surface area contributed by atoms with E-state index >= 15 is 0 Å². The average molecular weight is 858 g/mol. The third-order valence-electron chi connectivity index (χ3n) is 6.16. The van der Waals surface area contributed by atoms with E-state index in [-0.39, 0.29) is 30.6 Å². The third kappa shape index (κ3) is 7.02. The molecule has 0 aliphatic carbocycles. The molecule has 0 unspecified atom stereocenters. The van der Waals surface area contributed by atoms with Crippen LogP contribution in [0.3, 0.4) is 0 Å². The van der Waals surface area contributed by atoms with E-state index in [0.717, 1.165) is 0 Å². The molecule has 0 radical (unpaired) electrons. The van der Waals surface area contributed by atoms with Gasteiger partial charge in [-0.2, -0.15) is 139 Å². The second-order valence-corrected chi connectivity index (χ2v) is 10.8. The maximum absolute atomic E-state index is 13.9. The van der Waals surface area contributed by atoms with Crippen molar-refractivity contribution in [3.05, 3.63) is 0 Å². The minimum absolute atomic E-state index is 0. The number of carbonyl (C=O) groups is 1. The molecular weight excluding hydrogens is 850 g/mol. The van der Waals surface area contributed by atoms with Crippen LogP contribution in [0.15, 0.2) is 0 Å². The van der Waals surface area contributed by atoms with Crippen LogP contribution in [-0.2, 0) is 4.79 Å². The Kier molecular flexibility index (Phi) is 14.3. The fraction of sp³-hybridized carbons (Fsp3) is 0.947. The van der Waals surface area contributed by atoms with Gasteiger partial charge in [-0.1, -0.05) is 0 Å². The first kappa shape index (κ1) is 52.5. The van der Waals surface area contributed by atoms with Gasteiger partial charge in [0.05, 0.1) is 0 Å². The van der Waals surface area contributed by atoms with Gasteiger partial charge in [-0.15, -0.1) is 0 Å². The first-order chi connectivity index (χ1) is 21.7. The summed E-state index contributed by atoms with van der Waals surface area (Å²) in [4.78, 5) is 10.1. The van der Waals surface area contributed by atoms with Crippen LogP contribution >= 0.6 is 11.8 Å². The number of hydrogen-bond acceptors (Lipinski definition) is 3. The Bertz CT molecular complexity index is 1260. The maximum Gasteiger partial charge on any atom is 1.00 e. The molecule has 0 atom stereocenters. The molecule has 306 valence electrons. The number of hydrogen-bond donors (Lipinski definition) is 0. The van der Waals surface area contributed by atoms with Crippen LogP contribution in [0.5, 0.6) is 0 Å². The summed E-state index contributed by atoms with van der Waals surface area (Å²) in [6.45, 7) is 0. The molecule has 0 N–H and O–H groups in total. The number of carboxylic acid groups (broad SMARTS) is 1. The first-order valence-corrected chi connectivity index (χ1v) is 12.6. The molecule has 0 heterocycles. The average Bonchev–Trinajstić information content (AvgIpc) is 2.90. The predicted octanol–water partition coefficient (Wildman–Crippen LogP) is 6.07. The molecule has 0 saturated heterocycles. The molecule has 0 bridgehead atoms. The molecule has 0 aromatic heterocycles. The molecule has 0 spiro atoms. The van der Waals surface area contributed by atoms with Gasteiger partial charge in [0, 0.05) is 12.4 Å². The van der Waals surface area contributed by atoms with Crippen LogP contribution in [0.4, 0.5) is 127 Å². The van der Waals surface area contributed by atoms with Gasteiger partial charge in [0.25, 0.3) is 0 Å². The Labute approximate surface area is 281 Å². The summed E-state index contributed by atoms with van der Waals surface area (Å²) >= 11 is -0.279. The van der Waals surface area contributed by atoms with E-state index in [4.69, 9.17) is 0 Å². The molecular formula is C19H8F29LiO2S. The van der Waals surface area contributed by atoms with Gasteiger partial charge in [0.1, 0.15) is 0 Å². The van der Waals surface area contributed by atoms with Gasteiger partial charge in [0.15, 0.2) is 0 Å². The second kappa shape index (κ2) is 14.2. The molecule has 2 nitrogen and oxygen atoms in total. The van der Waals surface area contributed by atoms with Crippen molar-refractivity contribution in [1.29, 1.82) is 0 Å². The summed E-state index contributed by atoms with van der Waals surface area (Å²) in [7, 11) is 0. The number of aliphatic carboxylic acids is 1. The Morgan fingerprint density at radius 1 is 0.365 bits per heavy atom. The van der Waals surface area contributed by atoms with Crippen LogP contribution in [0.25, 0.3) is 0 Å². The van der Waals surface area contributed by atoms with Gasteiger partial charge >= 0.3 is 102 Å². The van der Waals surface area contributed by atoms with Crippen molar-refractivity contribution < 1.29 is 156 Å². The Hall–Kier alpha value is -1.61. The number of alkyl halides is 29. The van der Waals surface area contributed by atoms with Crippen molar-refractivity contribution in [2.24, 2.45) is 0 Å². The zero-order chi connectivity index (χ0) is 42.1. The molecule has 0 aliphatic heterocycles. The normalized spacial score (nSPS) is 16.2. The summed E-state index contributed by atoms with van der Waals surface area (Å²) < 4.78 is 391. The largest absolute Gasteiger partial charge is 1.00 e. The van der Waals surface area contributed by atoms with Gasteiger partial charge in [-0.25, -0.2) is 0 Å². The van der Waals surface area contributed by atoms with E-state index in [1.807, 2.05) is 0 Å². The van der Waals surface area contributed by atoms with Gasteiger partial charge in [-0.05, 0) is 17.9 Å². The quantitative estimate of drug-likeness (QED) is 0.0956. The summed E-state index contributed by atoms with van der Waals surface area (Å²) in [5.41, 5.74) is 0. The Morgan fingerprint density at radius 2 is 0.577 bits per heavy atom. The first-order valence-electron chi connectivity index (χ1n) is 11.4. The molecule has 0 fully saturated rings. The summed E-state index contributed by atoms with van der Waals surface area (Å²) in [6, 6.07) is 0. The van der Waals surface area contributed by atoms with Gasteiger partial charge in [-0.3, -0.25) is 0 Å². The molecule has 0 rings (SSSR count). The predicted molar refractivity (Wildman–Crippen MR) is 102 cm³/mol. The standard InChI is InChI=1S/C19H9F29O2S.Li/c20-6(21,2-4-51-3-1-5(49)50)7(22,23)8(24,25)9(26,27)10(28,29)11(30,31)12(32,33)13(34,35)14(36,37)15(38,39)16(40,41)17(42,43)18(44,45)19(46,47)48;/h1-4H2,(H,49,50);/q;+1/p-1. The van der Waals surface area contributed by atoms with Crippen molar-refractivity contribution >= 4 is 17.7 Å². The van der Waals surface area contributed by atoms with Crippen LogP contribution in [0.1, 0.15) is 12.8 Å². The van der Waals surface area contributed by atoms with Crippen LogP contribution in [0.2, 0.25) is 0 Å². The van der Waals surface area contributed by atoms with Crippen molar-refractivity contribution in [2.75, 3.05) is 11.5 Å². The number of halogens is 29. The molecule has 0 amide bonds. The van der Waals surface area contributed by atoms with Crippen molar-refractivity contribution in [1.82, 2.24) is 0 Å². The van der Waals surface area contributed by atoms with E-state index in [0.29, 0.717) is 0 Å². The zero-order valence-corrected chi connectivity index (χ0v) is 24.3. The van der Waals surface area contributed by atoms with Crippen molar-refractivity contribution in [3.63, 3.8) is 0 Å². The minimum Gasteiger partial charge on any atom is -0.550 e. The minimum atomic E-state index is -9.95. The SMILES string of the molecule is O=C([O-])CCSCCC(F)(F)C(F)(F)C(F)(F)C(F)(F)C(F)(F)C(F)(F)C(F)(F)C(F)(F)C(F)(F)C(F)(F)C(F)(F)C(F)(F)C(F)(F)C(F)(F)F.[Li+]. The van der Waals surface area contributed by atoms with Crippen LogP contribution in [-0.4, -0.2) is 101 Å². The van der Waals surface area contributed by atoms with Crippen molar-refractivity contribution in [3.8, 4) is 0 Å². The van der Waals surface area contributed by atoms with E-state index in [1.165, 1.54) is 0 Å². The zero-order valence-electron chi connectivity index (χ0n) is 23.5. The van der Waals surface area contributed by atoms with E-state index in [9.17, 15) is 137 Å². The van der Waals surface area contributed by atoms with E-state index < -0.39 is 113 Å². The Morgan fingerprint density at radius 3 is 0.788 bits per heavy atom. The van der Waals surface area contributed by atoms with E-state index in [1.54, 1.807) is 0 Å². The number of carboxylic acids is 1. The fourth-order valence-corrected chi connectivity index (χ4v) is 3.91. The molecule has 52 heavy (non-hydrogen) atoms. The van der Waals surface area contributed by atoms with Crippen LogP contribution < -0.4 is 24.0 Å². The maximum atomic E-state index is 13.9.